The summed E-state index contributed by atoms with van der Waals surface area (Å²) in [7, 11) is 1.48. The number of aromatic nitrogens is 1. The predicted octanol–water partition coefficient (Wildman–Crippen LogP) is 2.92. The summed E-state index contributed by atoms with van der Waals surface area (Å²) < 4.78 is 41.4. The maximum atomic E-state index is 14.4. The molecule has 10 heteroatoms. The number of ketones is 1. The van der Waals surface area contributed by atoms with Gasteiger partial charge in [-0.05, 0) is 28.8 Å². The van der Waals surface area contributed by atoms with Gasteiger partial charge in [0.1, 0.15) is 12.5 Å². The summed E-state index contributed by atoms with van der Waals surface area (Å²) >= 11 is 0. The van der Waals surface area contributed by atoms with E-state index in [0.717, 1.165) is 12.3 Å². The van der Waals surface area contributed by atoms with Crippen LogP contribution >= 0.6 is 0 Å². The van der Waals surface area contributed by atoms with Crippen molar-refractivity contribution in [1.29, 1.82) is 0 Å². The SMILES string of the molecule is CCC(=O)C1CC(C2(c3cccc(-c4cc(F)cnc4F)c3)N=C(N)N(C)C2=O)=CN1CCF. The molecule has 2 unspecified atom stereocenters. The molecule has 2 N–H and O–H groups in total. The third-order valence-corrected chi connectivity index (χ3v) is 6.30. The van der Waals surface area contributed by atoms with Crippen LogP contribution in [0.3, 0.4) is 0 Å². The summed E-state index contributed by atoms with van der Waals surface area (Å²) in [6, 6.07) is 6.71. The average Bonchev–Trinajstić information content (AvgIpc) is 3.36. The van der Waals surface area contributed by atoms with Gasteiger partial charge in [-0.15, -0.1) is 0 Å². The van der Waals surface area contributed by atoms with Gasteiger partial charge in [-0.2, -0.15) is 4.39 Å². The number of amides is 1. The highest BCUT2D eigenvalue weighted by Gasteiger charge is 2.53. The molecule has 178 valence electrons. The number of halogens is 3. The smallest absolute Gasteiger partial charge is 0.266 e. The van der Waals surface area contributed by atoms with Crippen LogP contribution in [0, 0.1) is 11.8 Å². The molecule has 1 amide bonds. The van der Waals surface area contributed by atoms with E-state index in [1.807, 2.05) is 0 Å². The highest BCUT2D eigenvalue weighted by molar-refractivity contribution is 6.09. The molecule has 2 atom stereocenters. The van der Waals surface area contributed by atoms with Gasteiger partial charge in [-0.25, -0.2) is 18.8 Å². The number of hydrogen-bond acceptors (Lipinski definition) is 6. The molecule has 0 saturated carbocycles. The highest BCUT2D eigenvalue weighted by atomic mass is 19.1. The average molecular weight is 471 g/mol. The van der Waals surface area contributed by atoms with Crippen LogP contribution in [0.2, 0.25) is 0 Å². The molecule has 0 saturated heterocycles. The monoisotopic (exact) mass is 471 g/mol. The van der Waals surface area contributed by atoms with E-state index >= 15 is 0 Å². The van der Waals surface area contributed by atoms with E-state index in [2.05, 4.69) is 9.98 Å². The number of guanidine groups is 1. The minimum Gasteiger partial charge on any atom is -0.369 e. The van der Waals surface area contributed by atoms with E-state index in [0.29, 0.717) is 11.1 Å². The van der Waals surface area contributed by atoms with Gasteiger partial charge in [-0.1, -0.05) is 25.1 Å². The standard InChI is InChI=1S/C24H24F3N5O2/c1-3-20(33)19-10-16(13-32(19)8-7-25)24(22(34)31(2)23(28)30-24)15-6-4-5-14(9-15)18-11-17(26)12-29-21(18)27/h4-6,9,11-13,19H,3,7-8,10H2,1-2H3,(H2,28,30). The first kappa shape index (κ1) is 23.5. The molecule has 0 fully saturated rings. The van der Waals surface area contributed by atoms with Crippen molar-refractivity contribution >= 4 is 17.6 Å². The molecular formula is C24H24F3N5O2. The number of pyridine rings is 1. The van der Waals surface area contributed by atoms with Crippen LogP contribution in [-0.2, 0) is 15.1 Å². The third kappa shape index (κ3) is 3.72. The number of alkyl halides is 1. The number of carbonyl (C=O) groups excluding carboxylic acids is 2. The lowest BCUT2D eigenvalue weighted by molar-refractivity contribution is -0.129. The number of hydrogen-bond donors (Lipinski definition) is 1. The van der Waals surface area contributed by atoms with Gasteiger partial charge in [0.2, 0.25) is 5.95 Å². The molecule has 34 heavy (non-hydrogen) atoms. The van der Waals surface area contributed by atoms with Crippen molar-refractivity contribution in [2.75, 3.05) is 20.3 Å². The summed E-state index contributed by atoms with van der Waals surface area (Å²) in [5.41, 5.74) is 5.45. The van der Waals surface area contributed by atoms with Crippen molar-refractivity contribution in [3.63, 3.8) is 0 Å². The van der Waals surface area contributed by atoms with E-state index < -0.39 is 35.9 Å². The van der Waals surface area contributed by atoms with Gasteiger partial charge < -0.3 is 10.6 Å². The first-order valence-electron chi connectivity index (χ1n) is 10.8. The minimum atomic E-state index is -1.62. The number of nitrogens with zero attached hydrogens (tertiary/aromatic N) is 4. The molecule has 0 radical (unpaired) electrons. The fraction of sp³-hybridized carbons (Fsp3) is 0.333. The molecule has 0 bridgehead atoms. The normalized spacial score (nSPS) is 22.3. The number of Topliss-reactive ketones (excluding diaryl/α,β-unsaturated/α-hetero) is 1. The van der Waals surface area contributed by atoms with E-state index in [1.54, 1.807) is 36.2 Å². The Morgan fingerprint density at radius 1 is 1.29 bits per heavy atom. The molecule has 2 aliphatic rings. The minimum absolute atomic E-state index is 0.0145. The Kier molecular flexibility index (Phi) is 6.16. The zero-order valence-corrected chi connectivity index (χ0v) is 18.8. The van der Waals surface area contributed by atoms with Crippen LogP contribution in [-0.4, -0.2) is 58.7 Å². The predicted molar refractivity (Wildman–Crippen MR) is 120 cm³/mol. The van der Waals surface area contributed by atoms with E-state index in [1.165, 1.54) is 18.0 Å². The molecular weight excluding hydrogens is 447 g/mol. The van der Waals surface area contributed by atoms with Crippen LogP contribution in [0.4, 0.5) is 13.2 Å². The molecule has 0 aliphatic carbocycles. The number of benzene rings is 1. The molecule has 2 aromatic rings. The lowest BCUT2D eigenvalue weighted by Crippen LogP contribution is -2.41. The molecule has 3 heterocycles. The van der Waals surface area contributed by atoms with Gasteiger partial charge in [-0.3, -0.25) is 14.5 Å². The maximum absolute atomic E-state index is 14.4. The summed E-state index contributed by atoms with van der Waals surface area (Å²) in [4.78, 5) is 36.9. The van der Waals surface area contributed by atoms with Gasteiger partial charge in [0.05, 0.1) is 12.2 Å². The summed E-state index contributed by atoms with van der Waals surface area (Å²) in [6.45, 7) is 1.03. The largest absolute Gasteiger partial charge is 0.369 e. The Hall–Kier alpha value is -3.69. The molecule has 0 spiro atoms. The van der Waals surface area contributed by atoms with Crippen molar-refractivity contribution in [2.45, 2.75) is 31.3 Å². The second-order valence-corrected chi connectivity index (χ2v) is 8.24. The zero-order chi connectivity index (χ0) is 24.6. The van der Waals surface area contributed by atoms with E-state index in [-0.39, 0.29) is 42.3 Å². The molecule has 7 nitrogen and oxygen atoms in total. The van der Waals surface area contributed by atoms with Crippen LogP contribution in [0.15, 0.2) is 53.3 Å². The third-order valence-electron chi connectivity index (χ3n) is 6.30. The second-order valence-electron chi connectivity index (χ2n) is 8.24. The fourth-order valence-corrected chi connectivity index (χ4v) is 4.52. The summed E-state index contributed by atoms with van der Waals surface area (Å²) in [6.07, 6.45) is 2.78. The number of aliphatic imine (C=N–C) groups is 1. The number of carbonyl (C=O) groups is 2. The first-order chi connectivity index (χ1) is 16.2. The van der Waals surface area contributed by atoms with Crippen molar-refractivity contribution < 1.29 is 22.8 Å². The number of rotatable bonds is 7. The van der Waals surface area contributed by atoms with E-state index in [4.69, 9.17) is 5.73 Å². The molecule has 1 aromatic carbocycles. The van der Waals surface area contributed by atoms with Crippen LogP contribution in [0.1, 0.15) is 25.3 Å². The molecule has 1 aromatic heterocycles. The van der Waals surface area contributed by atoms with Gasteiger partial charge in [0.15, 0.2) is 17.3 Å². The topological polar surface area (TPSA) is 91.9 Å². The first-order valence-corrected chi connectivity index (χ1v) is 10.8. The Morgan fingerprint density at radius 2 is 2.06 bits per heavy atom. The Labute approximate surface area is 194 Å². The lowest BCUT2D eigenvalue weighted by Gasteiger charge is -2.27. The van der Waals surface area contributed by atoms with Crippen molar-refractivity contribution in [1.82, 2.24) is 14.8 Å². The Bertz CT molecular complexity index is 1210. The van der Waals surface area contributed by atoms with Crippen LogP contribution in [0.25, 0.3) is 11.1 Å². The van der Waals surface area contributed by atoms with Gasteiger partial charge in [0.25, 0.3) is 5.91 Å². The van der Waals surface area contributed by atoms with Crippen molar-refractivity contribution in [2.24, 2.45) is 10.7 Å². The quantitative estimate of drug-likeness (QED) is 0.627. The number of nitrogens with two attached hydrogens (primary N) is 1. The van der Waals surface area contributed by atoms with E-state index in [9.17, 15) is 22.8 Å². The fourth-order valence-electron chi connectivity index (χ4n) is 4.52. The van der Waals surface area contributed by atoms with Crippen molar-refractivity contribution in [3.8, 4) is 11.1 Å². The lowest BCUT2D eigenvalue weighted by atomic mass is 9.80. The second kappa shape index (κ2) is 8.92. The van der Waals surface area contributed by atoms with Crippen molar-refractivity contribution in [3.05, 3.63) is 65.6 Å². The zero-order valence-electron chi connectivity index (χ0n) is 18.8. The number of likely N-dealkylation sites (N-methyl/N-ethyl adjacent to an activating group) is 1. The Morgan fingerprint density at radius 3 is 2.71 bits per heavy atom. The van der Waals surface area contributed by atoms with Crippen LogP contribution in [0.5, 0.6) is 0 Å². The summed E-state index contributed by atoms with van der Waals surface area (Å²) in [5, 5.41) is 0. The van der Waals surface area contributed by atoms with Crippen LogP contribution < -0.4 is 5.73 Å². The van der Waals surface area contributed by atoms with Gasteiger partial charge >= 0.3 is 0 Å². The van der Waals surface area contributed by atoms with Gasteiger partial charge in [0, 0.05) is 38.2 Å². The Balaban J connectivity index is 1.88. The highest BCUT2D eigenvalue weighted by Crippen LogP contribution is 2.45. The molecule has 4 rings (SSSR count). The maximum Gasteiger partial charge on any atom is 0.266 e. The molecule has 2 aliphatic heterocycles. The summed E-state index contributed by atoms with van der Waals surface area (Å²) in [5.74, 6) is -2.16.